The van der Waals surface area contributed by atoms with Gasteiger partial charge in [0.05, 0.1) is 26.2 Å². The zero-order valence-corrected chi connectivity index (χ0v) is 14.0. The molecule has 1 amide bonds. The molecule has 0 heterocycles. The molecule has 0 aliphatic heterocycles. The molecule has 0 saturated heterocycles. The molecule has 2 aliphatic rings. The summed E-state index contributed by atoms with van der Waals surface area (Å²) in [6.07, 6.45) is 8.57. The number of carbonyl (C=O) groups is 1. The highest BCUT2D eigenvalue weighted by Crippen LogP contribution is 2.30. The average Bonchev–Trinajstić information content (AvgIpc) is 3.02. The molecule has 120 valence electrons. The topological polar surface area (TPSA) is 29.1 Å². The van der Waals surface area contributed by atoms with Crippen molar-refractivity contribution in [2.45, 2.75) is 57.0 Å². The van der Waals surface area contributed by atoms with E-state index in [1.807, 2.05) is 0 Å². The number of nitrogens with one attached hydrogen (secondary N) is 1. The second-order valence-corrected chi connectivity index (χ2v) is 7.59. The van der Waals surface area contributed by atoms with E-state index in [9.17, 15) is 4.79 Å². The van der Waals surface area contributed by atoms with Gasteiger partial charge in [-0.05, 0) is 56.1 Å². The van der Waals surface area contributed by atoms with E-state index in [1.165, 1.54) is 43.2 Å². The highest BCUT2D eigenvalue weighted by molar-refractivity contribution is 5.77. The number of quaternary nitrogens is 1. The van der Waals surface area contributed by atoms with Gasteiger partial charge < -0.3 is 9.80 Å². The molecule has 0 aromatic heterocycles. The van der Waals surface area contributed by atoms with Crippen molar-refractivity contribution in [3.63, 3.8) is 0 Å². The molecule has 1 aromatic carbocycles. The van der Waals surface area contributed by atoms with Gasteiger partial charge in [-0.2, -0.15) is 0 Å². The minimum atomic E-state index is 0.207. The van der Waals surface area contributed by atoms with Crippen LogP contribution in [0.15, 0.2) is 24.3 Å². The molecule has 3 rings (SSSR count). The standard InChI is InChI=1S/C19H28N2O/c1-21(2,16-10-4-5-11-16)14-19(22)20-18-13-7-9-15-8-3-6-12-17(15)18/h3,6,8,12,16,18H,4-5,7,9-11,13-14H2,1-2H3/p+1/t18-/m0/s1. The van der Waals surface area contributed by atoms with E-state index in [1.54, 1.807) is 0 Å². The third-order valence-electron chi connectivity index (χ3n) is 5.57. The van der Waals surface area contributed by atoms with Crippen LogP contribution in [0.5, 0.6) is 0 Å². The van der Waals surface area contributed by atoms with E-state index in [2.05, 4.69) is 43.7 Å². The summed E-state index contributed by atoms with van der Waals surface area (Å²) < 4.78 is 0.834. The Hall–Kier alpha value is -1.35. The summed E-state index contributed by atoms with van der Waals surface area (Å²) in [5, 5.41) is 3.30. The predicted octanol–water partition coefficient (Wildman–Crippen LogP) is 3.20. The zero-order valence-electron chi connectivity index (χ0n) is 14.0. The van der Waals surface area contributed by atoms with E-state index >= 15 is 0 Å². The van der Waals surface area contributed by atoms with Crippen molar-refractivity contribution < 1.29 is 9.28 Å². The first-order valence-corrected chi connectivity index (χ1v) is 8.76. The summed E-state index contributed by atoms with van der Waals surface area (Å²) in [6.45, 7) is 0.601. The Morgan fingerprint density at radius 2 is 1.86 bits per heavy atom. The Morgan fingerprint density at radius 3 is 2.64 bits per heavy atom. The van der Waals surface area contributed by atoms with Crippen LogP contribution in [0, 0.1) is 0 Å². The van der Waals surface area contributed by atoms with E-state index in [-0.39, 0.29) is 11.9 Å². The lowest BCUT2D eigenvalue weighted by Gasteiger charge is -2.36. The molecule has 1 aromatic rings. The van der Waals surface area contributed by atoms with E-state index in [0.29, 0.717) is 12.6 Å². The zero-order chi connectivity index (χ0) is 15.6. The Morgan fingerprint density at radius 1 is 1.14 bits per heavy atom. The van der Waals surface area contributed by atoms with Gasteiger partial charge in [-0.1, -0.05) is 24.3 Å². The van der Waals surface area contributed by atoms with Crippen molar-refractivity contribution in [3.8, 4) is 0 Å². The van der Waals surface area contributed by atoms with Crippen LogP contribution < -0.4 is 5.32 Å². The van der Waals surface area contributed by atoms with Crippen LogP contribution in [0.2, 0.25) is 0 Å². The Balaban J connectivity index is 1.63. The van der Waals surface area contributed by atoms with Crippen molar-refractivity contribution in [1.82, 2.24) is 5.32 Å². The number of carbonyl (C=O) groups excluding carboxylic acids is 1. The molecule has 1 N–H and O–H groups in total. The number of likely N-dealkylation sites (N-methyl/N-ethyl adjacent to an activating group) is 1. The van der Waals surface area contributed by atoms with Crippen LogP contribution in [0.3, 0.4) is 0 Å². The second-order valence-electron chi connectivity index (χ2n) is 7.59. The molecular formula is C19H29N2O+. The van der Waals surface area contributed by atoms with Gasteiger partial charge in [0.1, 0.15) is 0 Å². The summed E-state index contributed by atoms with van der Waals surface area (Å²) in [4.78, 5) is 12.6. The summed E-state index contributed by atoms with van der Waals surface area (Å²) in [7, 11) is 4.43. The van der Waals surface area contributed by atoms with E-state index in [0.717, 1.165) is 17.3 Å². The van der Waals surface area contributed by atoms with Crippen molar-refractivity contribution in [2.24, 2.45) is 0 Å². The molecule has 3 nitrogen and oxygen atoms in total. The number of nitrogens with zero attached hydrogens (tertiary/aromatic N) is 1. The monoisotopic (exact) mass is 301 g/mol. The first kappa shape index (κ1) is 15.5. The first-order chi connectivity index (χ1) is 10.6. The van der Waals surface area contributed by atoms with Gasteiger partial charge >= 0.3 is 0 Å². The SMILES string of the molecule is C[N+](C)(CC(=O)N[C@H]1CCCc2ccccc21)C1CCCC1. The molecular weight excluding hydrogens is 272 g/mol. The number of rotatable bonds is 4. The molecule has 3 heteroatoms. The van der Waals surface area contributed by atoms with Crippen molar-refractivity contribution in [3.05, 3.63) is 35.4 Å². The van der Waals surface area contributed by atoms with E-state index in [4.69, 9.17) is 0 Å². The number of aryl methyl sites for hydroxylation is 1. The number of fused-ring (bicyclic) bond motifs is 1. The highest BCUT2D eigenvalue weighted by Gasteiger charge is 2.33. The maximum Gasteiger partial charge on any atom is 0.275 e. The van der Waals surface area contributed by atoms with Crippen LogP contribution in [0.4, 0.5) is 0 Å². The number of hydrogen-bond acceptors (Lipinski definition) is 1. The van der Waals surface area contributed by atoms with Gasteiger partial charge in [-0.25, -0.2) is 0 Å². The minimum Gasteiger partial charge on any atom is -0.344 e. The summed E-state index contributed by atoms with van der Waals surface area (Å²) in [6, 6.07) is 9.43. The van der Waals surface area contributed by atoms with Gasteiger partial charge in [0, 0.05) is 0 Å². The average molecular weight is 301 g/mol. The van der Waals surface area contributed by atoms with Gasteiger partial charge in [-0.3, -0.25) is 4.79 Å². The molecule has 0 spiro atoms. The number of benzene rings is 1. The lowest BCUT2D eigenvalue weighted by molar-refractivity contribution is -0.906. The number of amides is 1. The maximum absolute atomic E-state index is 12.6. The number of hydrogen-bond donors (Lipinski definition) is 1. The van der Waals surface area contributed by atoms with Gasteiger partial charge in [0.15, 0.2) is 6.54 Å². The third kappa shape index (κ3) is 3.35. The van der Waals surface area contributed by atoms with Crippen molar-refractivity contribution in [1.29, 1.82) is 0 Å². The quantitative estimate of drug-likeness (QED) is 0.850. The van der Waals surface area contributed by atoms with Crippen LogP contribution in [0.1, 0.15) is 55.7 Å². The van der Waals surface area contributed by atoms with Gasteiger partial charge in [0.25, 0.3) is 5.91 Å². The summed E-state index contributed by atoms with van der Waals surface area (Å²) >= 11 is 0. The molecule has 2 aliphatic carbocycles. The van der Waals surface area contributed by atoms with E-state index < -0.39 is 0 Å². The highest BCUT2D eigenvalue weighted by atomic mass is 16.2. The fourth-order valence-corrected chi connectivity index (χ4v) is 4.25. The fourth-order valence-electron chi connectivity index (χ4n) is 4.25. The Bertz CT molecular complexity index is 532. The fraction of sp³-hybridized carbons (Fsp3) is 0.632. The van der Waals surface area contributed by atoms with Crippen molar-refractivity contribution in [2.75, 3.05) is 20.6 Å². The lowest BCUT2D eigenvalue weighted by atomic mass is 9.88. The summed E-state index contributed by atoms with van der Waals surface area (Å²) in [5.41, 5.74) is 2.73. The second kappa shape index (κ2) is 6.41. The predicted molar refractivity (Wildman–Crippen MR) is 89.5 cm³/mol. The lowest BCUT2D eigenvalue weighted by Crippen LogP contribution is -2.53. The molecule has 1 fully saturated rings. The largest absolute Gasteiger partial charge is 0.344 e. The first-order valence-electron chi connectivity index (χ1n) is 8.76. The Kier molecular flexibility index (Phi) is 4.53. The molecule has 22 heavy (non-hydrogen) atoms. The van der Waals surface area contributed by atoms with Gasteiger partial charge in [0.2, 0.25) is 0 Å². The minimum absolute atomic E-state index is 0.207. The molecule has 0 radical (unpaired) electrons. The normalized spacial score (nSPS) is 22.4. The Labute approximate surface area is 134 Å². The van der Waals surface area contributed by atoms with Crippen LogP contribution in [-0.4, -0.2) is 37.1 Å². The van der Waals surface area contributed by atoms with Crippen LogP contribution in [0.25, 0.3) is 0 Å². The molecule has 0 bridgehead atoms. The molecule has 1 saturated carbocycles. The van der Waals surface area contributed by atoms with Crippen LogP contribution in [-0.2, 0) is 11.2 Å². The van der Waals surface area contributed by atoms with Crippen molar-refractivity contribution >= 4 is 5.91 Å². The van der Waals surface area contributed by atoms with Crippen LogP contribution >= 0.6 is 0 Å². The van der Waals surface area contributed by atoms with Gasteiger partial charge in [-0.15, -0.1) is 0 Å². The molecule has 0 unspecified atom stereocenters. The third-order valence-corrected chi connectivity index (χ3v) is 5.57. The summed E-state index contributed by atoms with van der Waals surface area (Å²) in [5.74, 6) is 0.207. The maximum atomic E-state index is 12.6. The smallest absolute Gasteiger partial charge is 0.275 e. The molecule has 1 atom stereocenters.